The minimum Gasteiger partial charge on any atom is -0.352 e. The molecule has 0 bridgehead atoms. The Morgan fingerprint density at radius 1 is 1.09 bits per heavy atom. The van der Waals surface area contributed by atoms with E-state index in [-0.39, 0.29) is 11.9 Å². The van der Waals surface area contributed by atoms with E-state index in [0.29, 0.717) is 12.0 Å². The molecule has 2 unspecified atom stereocenters. The summed E-state index contributed by atoms with van der Waals surface area (Å²) in [7, 11) is 0. The fourth-order valence-electron chi connectivity index (χ4n) is 3.90. The number of hydrogen-bond donors (Lipinski definition) is 3. The maximum atomic E-state index is 13.1. The van der Waals surface area contributed by atoms with Gasteiger partial charge in [0.1, 0.15) is 18.1 Å². The molecular formula is C25H28N4O4. The Morgan fingerprint density at radius 2 is 1.76 bits per heavy atom. The van der Waals surface area contributed by atoms with Crippen LogP contribution in [0.2, 0.25) is 0 Å². The number of urea groups is 1. The topological polar surface area (TPSA) is 108 Å². The quantitative estimate of drug-likeness (QED) is 0.535. The monoisotopic (exact) mass is 448 g/mol. The molecule has 2 aliphatic rings. The Balaban J connectivity index is 1.45. The van der Waals surface area contributed by atoms with E-state index in [2.05, 4.69) is 16.0 Å². The second kappa shape index (κ2) is 9.05. The summed E-state index contributed by atoms with van der Waals surface area (Å²) >= 11 is 0. The van der Waals surface area contributed by atoms with Crippen molar-refractivity contribution >= 4 is 23.8 Å². The van der Waals surface area contributed by atoms with Crippen molar-refractivity contribution in [2.75, 3.05) is 6.54 Å². The number of carbonyl (C=O) groups is 4. The summed E-state index contributed by atoms with van der Waals surface area (Å²) in [5.74, 6) is -1.34. The maximum absolute atomic E-state index is 13.1. The van der Waals surface area contributed by atoms with E-state index in [1.54, 1.807) is 19.1 Å². The van der Waals surface area contributed by atoms with Gasteiger partial charge in [0.2, 0.25) is 11.8 Å². The van der Waals surface area contributed by atoms with E-state index >= 15 is 0 Å². The average Bonchev–Trinajstić information content (AvgIpc) is 3.58. The highest BCUT2D eigenvalue weighted by Crippen LogP contribution is 2.29. The molecule has 8 heteroatoms. The lowest BCUT2D eigenvalue weighted by Gasteiger charge is -2.23. The minimum absolute atomic E-state index is 0.147. The van der Waals surface area contributed by atoms with Gasteiger partial charge < -0.3 is 16.0 Å². The van der Waals surface area contributed by atoms with Crippen LogP contribution in [0.25, 0.3) is 0 Å². The molecule has 5 amide bonds. The van der Waals surface area contributed by atoms with E-state index in [1.165, 1.54) is 0 Å². The fraction of sp³-hybridized carbons (Fsp3) is 0.360. The van der Waals surface area contributed by atoms with E-state index in [0.717, 1.165) is 28.9 Å². The number of benzene rings is 2. The Hall–Kier alpha value is -3.68. The van der Waals surface area contributed by atoms with Crippen LogP contribution >= 0.6 is 0 Å². The summed E-state index contributed by atoms with van der Waals surface area (Å²) in [6, 6.07) is 15.4. The SMILES string of the molecule is Cc1ccc(C2(C)NC(=O)N(CC(=O)NC(Cc3ccccc3)C(=O)NC3CC3)C2=O)cc1. The highest BCUT2D eigenvalue weighted by molar-refractivity contribution is 6.09. The van der Waals surface area contributed by atoms with Crippen molar-refractivity contribution in [3.8, 4) is 0 Å². The Bertz CT molecular complexity index is 1070. The first-order chi connectivity index (χ1) is 15.8. The van der Waals surface area contributed by atoms with Crippen LogP contribution in [0.4, 0.5) is 4.79 Å². The molecule has 2 fully saturated rings. The molecule has 0 spiro atoms. The van der Waals surface area contributed by atoms with Crippen molar-refractivity contribution in [2.45, 2.75) is 50.7 Å². The van der Waals surface area contributed by atoms with Gasteiger partial charge in [0.05, 0.1) is 0 Å². The van der Waals surface area contributed by atoms with Crippen molar-refractivity contribution in [1.82, 2.24) is 20.9 Å². The second-order valence-electron chi connectivity index (χ2n) is 8.91. The molecule has 0 aromatic heterocycles. The summed E-state index contributed by atoms with van der Waals surface area (Å²) in [6.45, 7) is 3.09. The molecular weight excluding hydrogens is 420 g/mol. The molecule has 1 saturated heterocycles. The molecule has 1 aliphatic carbocycles. The van der Waals surface area contributed by atoms with Gasteiger partial charge in [-0.2, -0.15) is 0 Å². The fourth-order valence-corrected chi connectivity index (χ4v) is 3.90. The Labute approximate surface area is 192 Å². The van der Waals surface area contributed by atoms with Crippen LogP contribution < -0.4 is 16.0 Å². The van der Waals surface area contributed by atoms with Crippen molar-refractivity contribution in [3.63, 3.8) is 0 Å². The van der Waals surface area contributed by atoms with Gasteiger partial charge in [-0.25, -0.2) is 4.79 Å². The predicted octanol–water partition coefficient (Wildman–Crippen LogP) is 1.77. The van der Waals surface area contributed by atoms with Crippen LogP contribution in [0.15, 0.2) is 54.6 Å². The predicted molar refractivity (Wildman–Crippen MR) is 122 cm³/mol. The lowest BCUT2D eigenvalue weighted by molar-refractivity contribution is -0.135. The third-order valence-electron chi connectivity index (χ3n) is 6.06. The van der Waals surface area contributed by atoms with Crippen molar-refractivity contribution in [1.29, 1.82) is 0 Å². The van der Waals surface area contributed by atoms with E-state index in [4.69, 9.17) is 0 Å². The van der Waals surface area contributed by atoms with Crippen LogP contribution in [-0.4, -0.2) is 47.3 Å². The van der Waals surface area contributed by atoms with Gasteiger partial charge in [0.25, 0.3) is 5.91 Å². The smallest absolute Gasteiger partial charge is 0.325 e. The standard InChI is InChI=1S/C25H28N4O4/c1-16-8-10-18(11-9-16)25(2)23(32)29(24(33)28-25)15-21(30)27-20(22(31)26-19-12-13-19)14-17-6-4-3-5-7-17/h3-11,19-20H,12-15H2,1-2H3,(H,26,31)(H,27,30)(H,28,33). The van der Waals surface area contributed by atoms with Gasteiger partial charge in [-0.05, 0) is 37.8 Å². The summed E-state index contributed by atoms with van der Waals surface area (Å²) in [6.07, 6.45) is 2.17. The van der Waals surface area contributed by atoms with E-state index < -0.39 is 36.0 Å². The number of nitrogens with zero attached hydrogens (tertiary/aromatic N) is 1. The van der Waals surface area contributed by atoms with Gasteiger partial charge in [-0.15, -0.1) is 0 Å². The minimum atomic E-state index is -1.25. The summed E-state index contributed by atoms with van der Waals surface area (Å²) in [5, 5.41) is 8.33. The maximum Gasteiger partial charge on any atom is 0.325 e. The van der Waals surface area contributed by atoms with Gasteiger partial charge in [0.15, 0.2) is 0 Å². The number of aryl methyl sites for hydroxylation is 1. The highest BCUT2D eigenvalue weighted by Gasteiger charge is 2.49. The Morgan fingerprint density at radius 3 is 2.39 bits per heavy atom. The van der Waals surface area contributed by atoms with Crippen LogP contribution in [0, 0.1) is 6.92 Å². The van der Waals surface area contributed by atoms with Crippen molar-refractivity contribution in [2.24, 2.45) is 0 Å². The number of rotatable bonds is 8. The molecule has 3 N–H and O–H groups in total. The van der Waals surface area contributed by atoms with E-state index in [9.17, 15) is 19.2 Å². The van der Waals surface area contributed by atoms with Crippen LogP contribution in [0.3, 0.4) is 0 Å². The molecule has 2 aromatic carbocycles. The average molecular weight is 449 g/mol. The third kappa shape index (κ3) is 5.05. The summed E-state index contributed by atoms with van der Waals surface area (Å²) in [4.78, 5) is 52.1. The summed E-state index contributed by atoms with van der Waals surface area (Å²) in [5.41, 5.74) is 1.32. The molecule has 1 saturated carbocycles. The van der Waals surface area contributed by atoms with Crippen molar-refractivity contribution in [3.05, 3.63) is 71.3 Å². The third-order valence-corrected chi connectivity index (χ3v) is 6.06. The van der Waals surface area contributed by atoms with Gasteiger partial charge in [-0.3, -0.25) is 19.3 Å². The molecule has 2 atom stereocenters. The highest BCUT2D eigenvalue weighted by atomic mass is 16.2. The largest absolute Gasteiger partial charge is 0.352 e. The van der Waals surface area contributed by atoms with Crippen LogP contribution in [0.5, 0.6) is 0 Å². The first-order valence-corrected chi connectivity index (χ1v) is 11.1. The molecule has 8 nitrogen and oxygen atoms in total. The molecule has 172 valence electrons. The zero-order chi connectivity index (χ0) is 23.6. The lowest BCUT2D eigenvalue weighted by Crippen LogP contribution is -2.51. The number of amides is 5. The molecule has 33 heavy (non-hydrogen) atoms. The first kappa shape index (κ1) is 22.5. The molecule has 1 aliphatic heterocycles. The second-order valence-corrected chi connectivity index (χ2v) is 8.91. The zero-order valence-electron chi connectivity index (χ0n) is 18.8. The molecule has 4 rings (SSSR count). The number of imide groups is 1. The normalized spacial score (nSPS) is 20.8. The molecule has 2 aromatic rings. The van der Waals surface area contributed by atoms with Gasteiger partial charge >= 0.3 is 6.03 Å². The van der Waals surface area contributed by atoms with E-state index in [1.807, 2.05) is 49.4 Å². The lowest BCUT2D eigenvalue weighted by atomic mass is 9.91. The first-order valence-electron chi connectivity index (χ1n) is 11.1. The Kier molecular flexibility index (Phi) is 6.18. The number of nitrogens with one attached hydrogen (secondary N) is 3. The molecule has 1 heterocycles. The van der Waals surface area contributed by atoms with Crippen molar-refractivity contribution < 1.29 is 19.2 Å². The van der Waals surface area contributed by atoms with Crippen LogP contribution in [0.1, 0.15) is 36.5 Å². The number of hydrogen-bond acceptors (Lipinski definition) is 4. The van der Waals surface area contributed by atoms with Gasteiger partial charge in [-0.1, -0.05) is 60.2 Å². The van der Waals surface area contributed by atoms with Gasteiger partial charge in [0, 0.05) is 12.5 Å². The summed E-state index contributed by atoms with van der Waals surface area (Å²) < 4.78 is 0. The number of carbonyl (C=O) groups excluding carboxylic acids is 4. The zero-order valence-corrected chi connectivity index (χ0v) is 18.8. The van der Waals surface area contributed by atoms with Crippen LogP contribution in [-0.2, 0) is 26.3 Å². The molecule has 0 radical (unpaired) electrons.